The van der Waals surface area contributed by atoms with Gasteiger partial charge in [0.25, 0.3) is 0 Å². The second kappa shape index (κ2) is 12.5. The maximum atomic E-state index is 15.1. The number of aliphatic hydroxyl groups excluding tert-OH is 1. The molecule has 0 aromatic heterocycles. The Labute approximate surface area is 217 Å². The number of ether oxygens (including phenoxy) is 1. The van der Waals surface area contributed by atoms with E-state index in [0.717, 1.165) is 31.2 Å². The lowest BCUT2D eigenvalue weighted by atomic mass is 9.76. The molecular formula is C32H35F3O2. The molecule has 0 heterocycles. The van der Waals surface area contributed by atoms with Gasteiger partial charge in [-0.3, -0.25) is 0 Å². The van der Waals surface area contributed by atoms with Crippen LogP contribution in [0.5, 0.6) is 5.75 Å². The highest BCUT2D eigenvalue weighted by Crippen LogP contribution is 2.39. The average Bonchev–Trinajstić information content (AvgIpc) is 2.90. The van der Waals surface area contributed by atoms with Gasteiger partial charge in [0.1, 0.15) is 11.6 Å². The Morgan fingerprint density at radius 1 is 0.946 bits per heavy atom. The zero-order valence-corrected chi connectivity index (χ0v) is 21.4. The van der Waals surface area contributed by atoms with E-state index in [2.05, 4.69) is 6.58 Å². The van der Waals surface area contributed by atoms with E-state index < -0.39 is 11.6 Å². The van der Waals surface area contributed by atoms with Gasteiger partial charge < -0.3 is 9.84 Å². The average molecular weight is 509 g/mol. The summed E-state index contributed by atoms with van der Waals surface area (Å²) < 4.78 is 50.1. The van der Waals surface area contributed by atoms with Gasteiger partial charge in [-0.1, -0.05) is 48.5 Å². The van der Waals surface area contributed by atoms with Crippen LogP contribution in [0.2, 0.25) is 0 Å². The van der Waals surface area contributed by atoms with Crippen molar-refractivity contribution >= 4 is 0 Å². The summed E-state index contributed by atoms with van der Waals surface area (Å²) in [5, 5.41) is 9.80. The summed E-state index contributed by atoms with van der Waals surface area (Å²) in [5.74, 6) is -1.17. The molecule has 3 aromatic rings. The molecular weight excluding hydrogens is 473 g/mol. The Morgan fingerprint density at radius 3 is 2.32 bits per heavy atom. The first-order chi connectivity index (χ1) is 17.9. The molecule has 1 aliphatic carbocycles. The molecule has 1 saturated carbocycles. The molecule has 0 spiro atoms. The zero-order chi connectivity index (χ0) is 26.4. The van der Waals surface area contributed by atoms with E-state index >= 15 is 8.78 Å². The number of aliphatic hydroxyl groups is 1. The first kappa shape index (κ1) is 27.0. The molecule has 1 aliphatic rings. The monoisotopic (exact) mass is 508 g/mol. The van der Waals surface area contributed by atoms with E-state index in [4.69, 9.17) is 4.74 Å². The van der Waals surface area contributed by atoms with Crippen LogP contribution in [0, 0.1) is 23.4 Å². The smallest absolute Gasteiger partial charge is 0.166 e. The van der Waals surface area contributed by atoms with Crippen LogP contribution in [0.15, 0.2) is 67.3 Å². The van der Waals surface area contributed by atoms with Gasteiger partial charge in [0.2, 0.25) is 0 Å². The fourth-order valence-corrected chi connectivity index (χ4v) is 5.23. The van der Waals surface area contributed by atoms with Crippen LogP contribution in [0.4, 0.5) is 13.2 Å². The standard InChI is InChI=1S/C32H35F3O2/c1-3-4-19-37-27-16-15-26(30(33)20-27)10-7-22-5-8-24(9-6-22)28-17-18-29(32(35)31(28)34)25-13-11-23(12-14-25)21(2)36/h3,5-6,8-9,15-18,20-21,23,25,36H,1,4,7,10-14,19H2,2H3. The number of aryl methyl sites for hydroxylation is 2. The van der Waals surface area contributed by atoms with Gasteiger partial charge >= 0.3 is 0 Å². The highest BCUT2D eigenvalue weighted by molar-refractivity contribution is 5.65. The third kappa shape index (κ3) is 6.64. The SMILES string of the molecule is C=CCCOc1ccc(CCc2ccc(-c3ccc(C4CCC(C(C)O)CC4)c(F)c3F)cc2)c(F)c1. The zero-order valence-electron chi connectivity index (χ0n) is 21.4. The first-order valence-electron chi connectivity index (χ1n) is 13.1. The summed E-state index contributed by atoms with van der Waals surface area (Å²) >= 11 is 0. The van der Waals surface area contributed by atoms with Gasteiger partial charge in [0.15, 0.2) is 11.6 Å². The van der Waals surface area contributed by atoms with Gasteiger partial charge in [-0.25, -0.2) is 13.2 Å². The molecule has 1 fully saturated rings. The third-order valence-electron chi connectivity index (χ3n) is 7.57. The molecule has 0 bridgehead atoms. The van der Waals surface area contributed by atoms with Crippen LogP contribution in [0.3, 0.4) is 0 Å². The Kier molecular flexibility index (Phi) is 9.09. The molecule has 37 heavy (non-hydrogen) atoms. The third-order valence-corrected chi connectivity index (χ3v) is 7.57. The van der Waals surface area contributed by atoms with E-state index in [9.17, 15) is 9.50 Å². The molecule has 2 nitrogen and oxygen atoms in total. The van der Waals surface area contributed by atoms with E-state index in [1.165, 1.54) is 6.07 Å². The predicted octanol–water partition coefficient (Wildman–Crippen LogP) is 8.17. The van der Waals surface area contributed by atoms with Gasteiger partial charge in [0, 0.05) is 11.6 Å². The topological polar surface area (TPSA) is 29.5 Å². The van der Waals surface area contributed by atoms with Gasteiger partial charge in [-0.05, 0) is 92.0 Å². The van der Waals surface area contributed by atoms with Crippen LogP contribution in [-0.2, 0) is 12.8 Å². The predicted molar refractivity (Wildman–Crippen MR) is 142 cm³/mol. The van der Waals surface area contributed by atoms with Crippen LogP contribution >= 0.6 is 0 Å². The normalized spacial score (nSPS) is 18.4. The van der Waals surface area contributed by atoms with Gasteiger partial charge in [-0.15, -0.1) is 6.58 Å². The quantitative estimate of drug-likeness (QED) is 0.221. The molecule has 0 aliphatic heterocycles. The molecule has 196 valence electrons. The summed E-state index contributed by atoms with van der Waals surface area (Å²) in [4.78, 5) is 0. The lowest BCUT2D eigenvalue weighted by Gasteiger charge is -2.30. The number of rotatable bonds is 10. The van der Waals surface area contributed by atoms with Gasteiger partial charge in [0.05, 0.1) is 12.7 Å². The maximum Gasteiger partial charge on any atom is 0.166 e. The van der Waals surface area contributed by atoms with Crippen molar-refractivity contribution in [3.63, 3.8) is 0 Å². The first-order valence-corrected chi connectivity index (χ1v) is 13.1. The van der Waals surface area contributed by atoms with Crippen molar-refractivity contribution in [1.82, 2.24) is 0 Å². The summed E-state index contributed by atoms with van der Waals surface area (Å²) in [5.41, 5.74) is 2.87. The molecule has 0 radical (unpaired) electrons. The molecule has 3 aromatic carbocycles. The van der Waals surface area contributed by atoms with Crippen LogP contribution in [0.25, 0.3) is 11.1 Å². The highest BCUT2D eigenvalue weighted by atomic mass is 19.2. The summed E-state index contributed by atoms with van der Waals surface area (Å²) in [6.07, 6.45) is 6.39. The fourth-order valence-electron chi connectivity index (χ4n) is 5.23. The number of benzene rings is 3. The van der Waals surface area contributed by atoms with Crippen molar-refractivity contribution in [2.45, 2.75) is 63.9 Å². The highest BCUT2D eigenvalue weighted by Gasteiger charge is 2.28. The minimum atomic E-state index is -0.819. The Hall–Kier alpha value is -3.05. The molecule has 1 N–H and O–H groups in total. The largest absolute Gasteiger partial charge is 0.493 e. The van der Waals surface area contributed by atoms with Crippen LogP contribution in [0.1, 0.15) is 61.6 Å². The Morgan fingerprint density at radius 2 is 1.68 bits per heavy atom. The Balaban J connectivity index is 1.39. The molecule has 5 heteroatoms. The van der Waals surface area contributed by atoms with Crippen molar-refractivity contribution < 1.29 is 23.0 Å². The van der Waals surface area contributed by atoms with Crippen LogP contribution in [-0.4, -0.2) is 17.8 Å². The molecule has 0 amide bonds. The number of halogens is 3. The van der Waals surface area contributed by atoms with E-state index in [0.29, 0.717) is 48.3 Å². The fraction of sp³-hybridized carbons (Fsp3) is 0.375. The van der Waals surface area contributed by atoms with Gasteiger partial charge in [-0.2, -0.15) is 0 Å². The van der Waals surface area contributed by atoms with E-state index in [1.807, 2.05) is 12.1 Å². The maximum absolute atomic E-state index is 15.1. The lowest BCUT2D eigenvalue weighted by Crippen LogP contribution is -2.23. The van der Waals surface area contributed by atoms with Crippen molar-refractivity contribution in [2.24, 2.45) is 5.92 Å². The second-order valence-corrected chi connectivity index (χ2v) is 10.1. The Bertz CT molecular complexity index is 1200. The molecule has 0 saturated heterocycles. The van der Waals surface area contributed by atoms with E-state index in [-0.39, 0.29) is 29.3 Å². The van der Waals surface area contributed by atoms with E-state index in [1.54, 1.807) is 49.4 Å². The van der Waals surface area contributed by atoms with Crippen LogP contribution < -0.4 is 4.74 Å². The van der Waals surface area contributed by atoms with Crippen molar-refractivity contribution in [2.75, 3.05) is 6.61 Å². The molecule has 1 unspecified atom stereocenters. The molecule has 4 rings (SSSR count). The second-order valence-electron chi connectivity index (χ2n) is 10.1. The lowest BCUT2D eigenvalue weighted by molar-refractivity contribution is 0.0964. The minimum absolute atomic E-state index is 0.0194. The summed E-state index contributed by atoms with van der Waals surface area (Å²) in [7, 11) is 0. The number of hydrogen-bond acceptors (Lipinski definition) is 2. The summed E-state index contributed by atoms with van der Waals surface area (Å²) in [6, 6.07) is 15.6. The molecule has 1 atom stereocenters. The van der Waals surface area contributed by atoms with Crippen molar-refractivity contribution in [3.8, 4) is 16.9 Å². The summed E-state index contributed by atoms with van der Waals surface area (Å²) in [6.45, 7) is 5.90. The minimum Gasteiger partial charge on any atom is -0.493 e. The van der Waals surface area contributed by atoms with Crippen molar-refractivity contribution in [3.05, 3.63) is 101 Å². The van der Waals surface area contributed by atoms with Crippen molar-refractivity contribution in [1.29, 1.82) is 0 Å². The number of hydrogen-bond donors (Lipinski definition) is 1.